The summed E-state index contributed by atoms with van der Waals surface area (Å²) in [6.07, 6.45) is 0.0528. The van der Waals surface area contributed by atoms with Crippen LogP contribution in [0.25, 0.3) is 10.9 Å². The van der Waals surface area contributed by atoms with Crippen molar-refractivity contribution in [1.82, 2.24) is 9.88 Å². The predicted octanol–water partition coefficient (Wildman–Crippen LogP) is 2.54. The molecule has 6 heteroatoms. The highest BCUT2D eigenvalue weighted by atomic mass is 79.9. The number of halogens is 1. The van der Waals surface area contributed by atoms with Gasteiger partial charge in [-0.25, -0.2) is 0 Å². The predicted molar refractivity (Wildman–Crippen MR) is 87.9 cm³/mol. The summed E-state index contributed by atoms with van der Waals surface area (Å²) in [7, 11) is 0. The number of carbonyl (C=O) groups is 1. The van der Waals surface area contributed by atoms with Crippen LogP contribution in [0.15, 0.2) is 28.7 Å². The average Bonchev–Trinajstić information content (AvgIpc) is 2.84. The molecule has 0 aliphatic carbocycles. The first-order chi connectivity index (χ1) is 10.6. The van der Waals surface area contributed by atoms with Crippen molar-refractivity contribution in [3.05, 3.63) is 34.4 Å². The summed E-state index contributed by atoms with van der Waals surface area (Å²) >= 11 is 3.53. The molecule has 118 valence electrons. The molecule has 2 N–H and O–H groups in total. The number of rotatable bonds is 3. The van der Waals surface area contributed by atoms with Gasteiger partial charge in [-0.05, 0) is 35.3 Å². The average molecular weight is 367 g/mol. The molecule has 0 radical (unpaired) electrons. The van der Waals surface area contributed by atoms with Crippen LogP contribution in [0.5, 0.6) is 0 Å². The molecule has 3 rings (SSSR count). The lowest BCUT2D eigenvalue weighted by Crippen LogP contribution is -2.50. The standard InChI is InChI=1S/C16H19BrN2O3/c1-10(20)8-11-9-22-7-6-19(11)16(21)15-14(17)12-4-2-3-5-13(12)18-15/h2-5,10-11,18,20H,6-9H2,1H3/t10-,11+/m1/s1. The van der Waals surface area contributed by atoms with Crippen molar-refractivity contribution < 1.29 is 14.6 Å². The number of benzene rings is 1. The van der Waals surface area contributed by atoms with E-state index in [9.17, 15) is 9.90 Å². The fraction of sp³-hybridized carbons (Fsp3) is 0.438. The zero-order chi connectivity index (χ0) is 15.7. The number of amides is 1. The van der Waals surface area contributed by atoms with Gasteiger partial charge in [0.05, 0.1) is 29.8 Å². The molecular weight excluding hydrogens is 348 g/mol. The first kappa shape index (κ1) is 15.5. The number of aliphatic hydroxyl groups excluding tert-OH is 1. The van der Waals surface area contributed by atoms with Gasteiger partial charge in [0.25, 0.3) is 5.91 Å². The Morgan fingerprint density at radius 3 is 3.05 bits per heavy atom. The minimum atomic E-state index is -0.465. The first-order valence-electron chi connectivity index (χ1n) is 7.41. The minimum absolute atomic E-state index is 0.0583. The number of fused-ring (bicyclic) bond motifs is 1. The van der Waals surface area contributed by atoms with Gasteiger partial charge in [0.2, 0.25) is 0 Å². The number of nitrogens with zero attached hydrogens (tertiary/aromatic N) is 1. The second-order valence-corrected chi connectivity index (χ2v) is 6.46. The molecule has 2 heterocycles. The van der Waals surface area contributed by atoms with Crippen molar-refractivity contribution in [2.75, 3.05) is 19.8 Å². The Labute approximate surface area is 137 Å². The van der Waals surface area contributed by atoms with Crippen LogP contribution in [0.1, 0.15) is 23.8 Å². The SMILES string of the molecule is C[C@@H](O)C[C@H]1COCCN1C(=O)c1[nH]c2ccccc2c1Br. The molecule has 1 aromatic heterocycles. The molecule has 1 aliphatic heterocycles. The summed E-state index contributed by atoms with van der Waals surface area (Å²) < 4.78 is 6.25. The van der Waals surface area contributed by atoms with Crippen LogP contribution >= 0.6 is 15.9 Å². The number of H-pyrrole nitrogens is 1. The molecule has 1 aromatic carbocycles. The monoisotopic (exact) mass is 366 g/mol. The molecule has 1 fully saturated rings. The number of hydrogen-bond acceptors (Lipinski definition) is 3. The summed E-state index contributed by atoms with van der Waals surface area (Å²) in [5.74, 6) is -0.0583. The molecule has 1 amide bonds. The van der Waals surface area contributed by atoms with Crippen LogP contribution < -0.4 is 0 Å². The lowest BCUT2D eigenvalue weighted by atomic mass is 10.1. The molecule has 1 aliphatic rings. The third-order valence-electron chi connectivity index (χ3n) is 3.96. The van der Waals surface area contributed by atoms with Gasteiger partial charge in [0, 0.05) is 17.4 Å². The highest BCUT2D eigenvalue weighted by Gasteiger charge is 2.31. The highest BCUT2D eigenvalue weighted by Crippen LogP contribution is 2.29. The summed E-state index contributed by atoms with van der Waals surface area (Å²) in [5.41, 5.74) is 1.48. The van der Waals surface area contributed by atoms with Crippen molar-refractivity contribution in [2.24, 2.45) is 0 Å². The van der Waals surface area contributed by atoms with Gasteiger partial charge in [-0.15, -0.1) is 0 Å². The van der Waals surface area contributed by atoms with E-state index in [1.54, 1.807) is 11.8 Å². The van der Waals surface area contributed by atoms with E-state index in [2.05, 4.69) is 20.9 Å². The Kier molecular flexibility index (Phi) is 4.52. The number of aliphatic hydroxyl groups is 1. The summed E-state index contributed by atoms with van der Waals surface area (Å²) in [4.78, 5) is 17.9. The van der Waals surface area contributed by atoms with Gasteiger partial charge in [0.15, 0.2) is 0 Å². The van der Waals surface area contributed by atoms with Gasteiger partial charge < -0.3 is 19.7 Å². The van der Waals surface area contributed by atoms with E-state index in [0.29, 0.717) is 31.9 Å². The second kappa shape index (κ2) is 6.40. The van der Waals surface area contributed by atoms with Crippen LogP contribution in [0.2, 0.25) is 0 Å². The highest BCUT2D eigenvalue weighted by molar-refractivity contribution is 9.10. The Morgan fingerprint density at radius 2 is 2.32 bits per heavy atom. The number of morpholine rings is 1. The molecule has 2 atom stereocenters. The van der Waals surface area contributed by atoms with Gasteiger partial charge in [-0.3, -0.25) is 4.79 Å². The lowest BCUT2D eigenvalue weighted by Gasteiger charge is -2.36. The third kappa shape index (κ3) is 2.91. The van der Waals surface area contributed by atoms with Crippen molar-refractivity contribution in [3.63, 3.8) is 0 Å². The largest absolute Gasteiger partial charge is 0.393 e. The summed E-state index contributed by atoms with van der Waals surface area (Å²) in [6, 6.07) is 7.70. The van der Waals surface area contributed by atoms with Crippen LogP contribution in [0.4, 0.5) is 0 Å². The van der Waals surface area contributed by atoms with Gasteiger partial charge in [-0.1, -0.05) is 18.2 Å². The summed E-state index contributed by atoms with van der Waals surface area (Å²) in [6.45, 7) is 3.27. The number of hydrogen-bond donors (Lipinski definition) is 2. The number of ether oxygens (including phenoxy) is 1. The molecule has 0 spiro atoms. The number of nitrogens with one attached hydrogen (secondary N) is 1. The fourth-order valence-electron chi connectivity index (χ4n) is 2.91. The maximum absolute atomic E-state index is 12.9. The first-order valence-corrected chi connectivity index (χ1v) is 8.20. The molecule has 0 unspecified atom stereocenters. The normalized spacial score (nSPS) is 20.3. The molecule has 5 nitrogen and oxygen atoms in total. The minimum Gasteiger partial charge on any atom is -0.393 e. The third-order valence-corrected chi connectivity index (χ3v) is 4.78. The number of aromatic amines is 1. The van der Waals surface area contributed by atoms with E-state index in [-0.39, 0.29) is 11.9 Å². The molecule has 0 bridgehead atoms. The number of para-hydroxylation sites is 1. The van der Waals surface area contributed by atoms with Gasteiger partial charge in [-0.2, -0.15) is 0 Å². The molecule has 1 saturated heterocycles. The summed E-state index contributed by atoms with van der Waals surface area (Å²) in [5, 5.41) is 10.6. The molecule has 2 aromatic rings. The van der Waals surface area contributed by atoms with Gasteiger partial charge >= 0.3 is 0 Å². The maximum Gasteiger partial charge on any atom is 0.271 e. The van der Waals surface area contributed by atoms with Crippen LogP contribution in [-0.2, 0) is 4.74 Å². The zero-order valence-corrected chi connectivity index (χ0v) is 14.0. The molecular formula is C16H19BrN2O3. The van der Waals surface area contributed by atoms with Crippen molar-refractivity contribution in [2.45, 2.75) is 25.5 Å². The van der Waals surface area contributed by atoms with E-state index in [0.717, 1.165) is 15.4 Å². The fourth-order valence-corrected chi connectivity index (χ4v) is 3.52. The molecule has 0 saturated carbocycles. The zero-order valence-electron chi connectivity index (χ0n) is 12.4. The maximum atomic E-state index is 12.9. The Morgan fingerprint density at radius 1 is 1.55 bits per heavy atom. The number of aromatic nitrogens is 1. The van der Waals surface area contributed by atoms with Crippen LogP contribution in [0.3, 0.4) is 0 Å². The number of carbonyl (C=O) groups excluding carboxylic acids is 1. The van der Waals surface area contributed by atoms with Crippen LogP contribution in [-0.4, -0.2) is 52.8 Å². The van der Waals surface area contributed by atoms with Gasteiger partial charge in [0.1, 0.15) is 5.69 Å². The van der Waals surface area contributed by atoms with Crippen LogP contribution in [0, 0.1) is 0 Å². The Hall–Kier alpha value is -1.37. The second-order valence-electron chi connectivity index (χ2n) is 5.67. The quantitative estimate of drug-likeness (QED) is 0.876. The van der Waals surface area contributed by atoms with Crippen molar-refractivity contribution >= 4 is 32.7 Å². The topological polar surface area (TPSA) is 65.6 Å². The van der Waals surface area contributed by atoms with Crippen molar-refractivity contribution in [1.29, 1.82) is 0 Å². The Balaban J connectivity index is 1.91. The van der Waals surface area contributed by atoms with E-state index < -0.39 is 6.10 Å². The van der Waals surface area contributed by atoms with E-state index >= 15 is 0 Å². The van der Waals surface area contributed by atoms with E-state index in [1.807, 2.05) is 24.3 Å². The van der Waals surface area contributed by atoms with E-state index in [4.69, 9.17) is 4.74 Å². The smallest absolute Gasteiger partial charge is 0.271 e. The van der Waals surface area contributed by atoms with Crippen molar-refractivity contribution in [3.8, 4) is 0 Å². The van der Waals surface area contributed by atoms with E-state index in [1.165, 1.54) is 0 Å². The lowest BCUT2D eigenvalue weighted by molar-refractivity contribution is -0.0155. The molecule has 22 heavy (non-hydrogen) atoms. The Bertz CT molecular complexity index is 683.